The van der Waals surface area contributed by atoms with Gasteiger partial charge in [0.25, 0.3) is 0 Å². The molecule has 2 heteroatoms. The van der Waals surface area contributed by atoms with Crippen molar-refractivity contribution in [3.63, 3.8) is 0 Å². The fraction of sp³-hybridized carbons (Fsp3) is 0.857. The molecule has 1 rings (SSSR count). The molecule has 1 aliphatic rings. The molecule has 0 aromatic carbocycles. The van der Waals surface area contributed by atoms with Crippen molar-refractivity contribution in [2.24, 2.45) is 0 Å². The molecule has 1 radical (unpaired) electrons. The van der Waals surface area contributed by atoms with Crippen molar-refractivity contribution in [3.8, 4) is 0 Å². The Balaban J connectivity index is 2.23. The first-order valence-electron chi connectivity index (χ1n) is 3.51. The quantitative estimate of drug-likeness (QED) is 0.515. The van der Waals surface area contributed by atoms with Gasteiger partial charge in [0.1, 0.15) is 0 Å². The van der Waals surface area contributed by atoms with Gasteiger partial charge in [-0.25, -0.2) is 0 Å². The molecule has 1 fully saturated rings. The van der Waals surface area contributed by atoms with E-state index < -0.39 is 6.29 Å². The molecule has 0 saturated heterocycles. The Morgan fingerprint density at radius 2 is 1.56 bits per heavy atom. The molecule has 0 aliphatic heterocycles. The molecule has 2 nitrogen and oxygen atoms in total. The van der Waals surface area contributed by atoms with E-state index in [-0.39, 0.29) is 0 Å². The van der Waals surface area contributed by atoms with E-state index in [2.05, 4.69) is 0 Å². The Hall–Kier alpha value is -0.0800. The van der Waals surface area contributed by atoms with Crippen LogP contribution in [0.5, 0.6) is 0 Å². The highest BCUT2D eigenvalue weighted by molar-refractivity contribution is 4.94. The Bertz CT molecular complexity index is 75.0. The molecule has 0 heterocycles. The summed E-state index contributed by atoms with van der Waals surface area (Å²) in [4.78, 5) is 0. The molecular formula is C7H13O2. The highest BCUT2D eigenvalue weighted by Crippen LogP contribution is 2.27. The van der Waals surface area contributed by atoms with E-state index in [1.165, 1.54) is 6.42 Å². The van der Waals surface area contributed by atoms with Crippen LogP contribution in [-0.4, -0.2) is 16.5 Å². The largest absolute Gasteiger partial charge is 0.368 e. The molecule has 2 N–H and O–H groups in total. The first-order chi connectivity index (χ1) is 4.30. The minimum absolute atomic E-state index is 0.914. The van der Waals surface area contributed by atoms with Crippen molar-refractivity contribution in [2.45, 2.75) is 38.4 Å². The van der Waals surface area contributed by atoms with E-state index in [4.69, 9.17) is 10.2 Å². The molecule has 0 unspecified atom stereocenters. The van der Waals surface area contributed by atoms with Gasteiger partial charge in [0.05, 0.1) is 0 Å². The second-order valence-corrected chi connectivity index (χ2v) is 2.59. The van der Waals surface area contributed by atoms with Crippen LogP contribution in [0.3, 0.4) is 0 Å². The third-order valence-corrected chi connectivity index (χ3v) is 1.86. The van der Waals surface area contributed by atoms with E-state index in [1.807, 2.05) is 0 Å². The van der Waals surface area contributed by atoms with Crippen molar-refractivity contribution in [1.82, 2.24) is 0 Å². The third-order valence-electron chi connectivity index (χ3n) is 1.86. The summed E-state index contributed by atoms with van der Waals surface area (Å²) < 4.78 is 0. The van der Waals surface area contributed by atoms with Crippen LogP contribution in [0, 0.1) is 5.92 Å². The average Bonchev–Trinajstić information content (AvgIpc) is 1.90. The van der Waals surface area contributed by atoms with Crippen LogP contribution in [0.2, 0.25) is 0 Å². The van der Waals surface area contributed by atoms with Crippen LogP contribution in [0.1, 0.15) is 32.1 Å². The van der Waals surface area contributed by atoms with Gasteiger partial charge < -0.3 is 10.2 Å². The zero-order valence-electron chi connectivity index (χ0n) is 5.51. The van der Waals surface area contributed by atoms with E-state index in [0.29, 0.717) is 0 Å². The zero-order valence-corrected chi connectivity index (χ0v) is 5.51. The van der Waals surface area contributed by atoms with Crippen LogP contribution in [0.25, 0.3) is 0 Å². The summed E-state index contributed by atoms with van der Waals surface area (Å²) >= 11 is 0. The van der Waals surface area contributed by atoms with Crippen LogP contribution < -0.4 is 0 Å². The molecule has 0 atom stereocenters. The molecular weight excluding hydrogens is 116 g/mol. The van der Waals surface area contributed by atoms with E-state index in [0.717, 1.165) is 31.6 Å². The third kappa shape index (κ3) is 1.95. The van der Waals surface area contributed by atoms with Gasteiger partial charge in [0, 0.05) is 5.92 Å². The molecule has 0 amide bonds. The SMILES string of the molecule is OC(O)[C]1CCCCC1. The normalized spacial score (nSPS) is 23.0. The summed E-state index contributed by atoms with van der Waals surface area (Å²) in [6.07, 6.45) is 4.19. The Kier molecular flexibility index (Phi) is 2.49. The maximum Gasteiger partial charge on any atom is 0.157 e. The number of aliphatic hydroxyl groups is 2. The van der Waals surface area contributed by atoms with E-state index in [1.54, 1.807) is 0 Å². The van der Waals surface area contributed by atoms with E-state index >= 15 is 0 Å². The lowest BCUT2D eigenvalue weighted by atomic mass is 9.89. The Morgan fingerprint density at radius 3 is 1.89 bits per heavy atom. The lowest BCUT2D eigenvalue weighted by Crippen LogP contribution is -2.19. The minimum atomic E-state index is -1.15. The smallest absolute Gasteiger partial charge is 0.157 e. The molecule has 0 aromatic heterocycles. The van der Waals surface area contributed by atoms with Crippen LogP contribution in [0.4, 0.5) is 0 Å². The Morgan fingerprint density at radius 1 is 1.00 bits per heavy atom. The second-order valence-electron chi connectivity index (χ2n) is 2.59. The summed E-state index contributed by atoms with van der Waals surface area (Å²) in [7, 11) is 0. The molecule has 0 spiro atoms. The average molecular weight is 129 g/mol. The lowest BCUT2D eigenvalue weighted by Gasteiger charge is -2.21. The minimum Gasteiger partial charge on any atom is -0.368 e. The van der Waals surface area contributed by atoms with E-state index in [9.17, 15) is 0 Å². The standard InChI is InChI=1S/C7H13O2/c8-7(9)6-4-2-1-3-5-6/h7-9H,1-5H2. The summed E-state index contributed by atoms with van der Waals surface area (Å²) in [5, 5.41) is 17.4. The summed E-state index contributed by atoms with van der Waals surface area (Å²) in [6, 6.07) is 0. The van der Waals surface area contributed by atoms with Gasteiger partial charge in [0.2, 0.25) is 0 Å². The Labute approximate surface area is 55.5 Å². The molecule has 9 heavy (non-hydrogen) atoms. The molecule has 1 saturated carbocycles. The molecule has 0 bridgehead atoms. The molecule has 0 aromatic rings. The second kappa shape index (κ2) is 3.18. The van der Waals surface area contributed by atoms with Crippen molar-refractivity contribution < 1.29 is 10.2 Å². The van der Waals surface area contributed by atoms with Crippen molar-refractivity contribution in [3.05, 3.63) is 5.92 Å². The topological polar surface area (TPSA) is 40.5 Å². The number of hydrogen-bond acceptors (Lipinski definition) is 2. The van der Waals surface area contributed by atoms with Gasteiger partial charge in [0.15, 0.2) is 6.29 Å². The summed E-state index contributed by atoms with van der Waals surface area (Å²) in [5.74, 6) is 0.918. The zero-order chi connectivity index (χ0) is 6.69. The highest BCUT2D eigenvalue weighted by Gasteiger charge is 2.19. The molecule has 53 valence electrons. The number of hydrogen-bond donors (Lipinski definition) is 2. The lowest BCUT2D eigenvalue weighted by molar-refractivity contribution is -0.0352. The van der Waals surface area contributed by atoms with Gasteiger partial charge in [-0.3, -0.25) is 0 Å². The summed E-state index contributed by atoms with van der Waals surface area (Å²) in [6.45, 7) is 0. The number of aliphatic hydroxyl groups excluding tert-OH is 1. The van der Waals surface area contributed by atoms with Gasteiger partial charge in [-0.15, -0.1) is 0 Å². The van der Waals surface area contributed by atoms with Crippen molar-refractivity contribution in [1.29, 1.82) is 0 Å². The van der Waals surface area contributed by atoms with Gasteiger partial charge in [-0.1, -0.05) is 19.3 Å². The first-order valence-corrected chi connectivity index (χ1v) is 3.51. The van der Waals surface area contributed by atoms with Gasteiger partial charge in [-0.05, 0) is 12.8 Å². The van der Waals surface area contributed by atoms with Gasteiger partial charge in [-0.2, -0.15) is 0 Å². The summed E-state index contributed by atoms with van der Waals surface area (Å²) in [5.41, 5.74) is 0. The van der Waals surface area contributed by atoms with Crippen molar-refractivity contribution in [2.75, 3.05) is 0 Å². The maximum atomic E-state index is 8.70. The predicted molar refractivity (Wildman–Crippen MR) is 34.6 cm³/mol. The molecule has 1 aliphatic carbocycles. The fourth-order valence-electron chi connectivity index (χ4n) is 1.26. The van der Waals surface area contributed by atoms with Crippen LogP contribution in [0.15, 0.2) is 0 Å². The van der Waals surface area contributed by atoms with Gasteiger partial charge >= 0.3 is 0 Å². The fourth-order valence-corrected chi connectivity index (χ4v) is 1.26. The predicted octanol–water partition coefficient (Wildman–Crippen LogP) is 0.836. The van der Waals surface area contributed by atoms with Crippen LogP contribution >= 0.6 is 0 Å². The van der Waals surface area contributed by atoms with Crippen LogP contribution in [-0.2, 0) is 0 Å². The first kappa shape index (κ1) is 7.03. The maximum absolute atomic E-state index is 8.70. The van der Waals surface area contributed by atoms with Crippen molar-refractivity contribution >= 4 is 0 Å². The highest BCUT2D eigenvalue weighted by atomic mass is 16.5. The monoisotopic (exact) mass is 129 g/mol. The number of rotatable bonds is 1.